The highest BCUT2D eigenvalue weighted by Crippen LogP contribution is 2.59. The fourth-order valence-electron chi connectivity index (χ4n) is 5.15. The van der Waals surface area contributed by atoms with Gasteiger partial charge < -0.3 is 19.7 Å². The second-order valence-corrected chi connectivity index (χ2v) is 11.0. The molecule has 2 N–H and O–H groups in total. The van der Waals surface area contributed by atoms with Crippen molar-refractivity contribution in [2.24, 2.45) is 34.5 Å². The zero-order valence-electron chi connectivity index (χ0n) is 20.4. The molecule has 0 saturated heterocycles. The molecule has 31 heavy (non-hydrogen) atoms. The van der Waals surface area contributed by atoms with Gasteiger partial charge in [0.1, 0.15) is 18.8 Å². The predicted octanol–water partition coefficient (Wildman–Crippen LogP) is 4.11. The summed E-state index contributed by atoms with van der Waals surface area (Å²) in [5.74, 6) is 3.10. The number of rotatable bonds is 8. The van der Waals surface area contributed by atoms with Gasteiger partial charge in [0.15, 0.2) is 0 Å². The van der Waals surface area contributed by atoms with Crippen molar-refractivity contribution in [3.8, 4) is 0 Å². The molecule has 0 aromatic rings. The van der Waals surface area contributed by atoms with E-state index >= 15 is 0 Å². The van der Waals surface area contributed by atoms with Crippen molar-refractivity contribution >= 4 is 11.9 Å². The van der Waals surface area contributed by atoms with Crippen LogP contribution in [-0.4, -0.2) is 47.6 Å². The van der Waals surface area contributed by atoms with Crippen LogP contribution in [0.1, 0.15) is 86.5 Å². The molecule has 2 bridgehead atoms. The maximum absolute atomic E-state index is 12.2. The smallest absolute Gasteiger partial charge is 0.311 e. The molecule has 0 radical (unpaired) electrons. The van der Waals surface area contributed by atoms with Gasteiger partial charge in [-0.05, 0) is 89.9 Å². The molecule has 3 aliphatic carbocycles. The third-order valence-corrected chi connectivity index (χ3v) is 8.12. The van der Waals surface area contributed by atoms with Crippen molar-refractivity contribution in [2.75, 3.05) is 13.2 Å². The highest BCUT2D eigenvalue weighted by atomic mass is 16.5. The van der Waals surface area contributed by atoms with Crippen LogP contribution >= 0.6 is 0 Å². The zero-order valence-corrected chi connectivity index (χ0v) is 20.4. The van der Waals surface area contributed by atoms with Gasteiger partial charge in [0.2, 0.25) is 0 Å². The summed E-state index contributed by atoms with van der Waals surface area (Å²) in [5.41, 5.74) is -0.827. The van der Waals surface area contributed by atoms with Crippen LogP contribution in [0, 0.1) is 34.5 Å². The van der Waals surface area contributed by atoms with Crippen LogP contribution in [0.15, 0.2) is 0 Å². The molecule has 3 saturated carbocycles. The van der Waals surface area contributed by atoms with Crippen LogP contribution < -0.4 is 0 Å². The maximum atomic E-state index is 12.2. The molecule has 180 valence electrons. The monoisotopic (exact) mass is 440 g/mol. The average Bonchev–Trinajstić information content (AvgIpc) is 3.45. The summed E-state index contributed by atoms with van der Waals surface area (Å²) in [6.45, 7) is 11.0. The van der Waals surface area contributed by atoms with Crippen LogP contribution in [0.2, 0.25) is 0 Å². The number of hydrogen-bond acceptors (Lipinski definition) is 6. The van der Waals surface area contributed by atoms with Gasteiger partial charge in [-0.1, -0.05) is 20.3 Å². The molecule has 6 unspecified atom stereocenters. The third-order valence-electron chi connectivity index (χ3n) is 8.12. The summed E-state index contributed by atoms with van der Waals surface area (Å²) in [7, 11) is 0. The van der Waals surface area contributed by atoms with Crippen molar-refractivity contribution in [1.82, 2.24) is 0 Å². The first-order valence-electron chi connectivity index (χ1n) is 12.1. The summed E-state index contributed by atoms with van der Waals surface area (Å²) in [5, 5.41) is 17.4. The van der Waals surface area contributed by atoms with Gasteiger partial charge >= 0.3 is 11.9 Å². The second-order valence-electron chi connectivity index (χ2n) is 11.0. The van der Waals surface area contributed by atoms with E-state index in [1.54, 1.807) is 13.8 Å². The van der Waals surface area contributed by atoms with Crippen molar-refractivity contribution < 1.29 is 29.3 Å². The number of carbonyl (C=O) groups excluding carboxylic acids is 2. The van der Waals surface area contributed by atoms with Gasteiger partial charge in [-0.25, -0.2) is 0 Å². The van der Waals surface area contributed by atoms with Crippen LogP contribution in [-0.2, 0) is 19.1 Å². The number of esters is 2. The van der Waals surface area contributed by atoms with Crippen molar-refractivity contribution in [3.05, 3.63) is 0 Å². The first kappa shape index (κ1) is 26.1. The Balaban J connectivity index is 0.000000235. The normalized spacial score (nSPS) is 30.3. The van der Waals surface area contributed by atoms with Crippen LogP contribution in [0.25, 0.3) is 0 Å². The number of ether oxygens (including phenoxy) is 2. The Labute approximate surface area is 188 Å². The van der Waals surface area contributed by atoms with Crippen molar-refractivity contribution in [1.29, 1.82) is 0 Å². The lowest BCUT2D eigenvalue weighted by Crippen LogP contribution is -2.36. The Bertz CT molecular complexity index is 613. The number of aliphatic hydroxyl groups is 2. The van der Waals surface area contributed by atoms with E-state index in [1.807, 2.05) is 20.8 Å². The molecule has 0 heterocycles. The molecule has 0 aliphatic heterocycles. The molecular formula is C25H44O6. The zero-order chi connectivity index (χ0) is 23.4. The lowest BCUT2D eigenvalue weighted by atomic mass is 9.80. The number of fused-ring (bicyclic) bond motifs is 5. The van der Waals surface area contributed by atoms with E-state index in [-0.39, 0.29) is 36.7 Å². The molecule has 3 aliphatic rings. The van der Waals surface area contributed by atoms with E-state index < -0.39 is 11.5 Å². The Kier molecular flexibility index (Phi) is 8.97. The highest BCUT2D eigenvalue weighted by molar-refractivity contribution is 5.76. The largest absolute Gasteiger partial charge is 0.462 e. The van der Waals surface area contributed by atoms with E-state index in [0.717, 1.165) is 30.6 Å². The maximum Gasteiger partial charge on any atom is 0.311 e. The van der Waals surface area contributed by atoms with E-state index in [0.29, 0.717) is 12.3 Å². The van der Waals surface area contributed by atoms with Crippen LogP contribution in [0.5, 0.6) is 0 Å². The fourth-order valence-corrected chi connectivity index (χ4v) is 5.15. The number of aliphatic hydroxyl groups excluding tert-OH is 2. The summed E-state index contributed by atoms with van der Waals surface area (Å²) in [6.07, 6.45) is 7.52. The molecule has 0 aromatic carbocycles. The van der Waals surface area contributed by atoms with Gasteiger partial charge in [0, 0.05) is 0 Å². The first-order valence-corrected chi connectivity index (χ1v) is 12.1. The quantitative estimate of drug-likeness (QED) is 0.552. The van der Waals surface area contributed by atoms with E-state index in [1.165, 1.54) is 25.7 Å². The van der Waals surface area contributed by atoms with E-state index in [9.17, 15) is 9.59 Å². The standard InChI is InChI=1S/C16H26O2.C9H18O4/c1-4-16(2,3)15(17)18-14-9-10-8-13(14)12-7-5-6-11(10)12;1-4-9(2,3)8(12)13-6-7(11)5-10/h10-14H,4-9H2,1-3H3;7,10-11H,4-6H2,1-3H3. The average molecular weight is 441 g/mol. The summed E-state index contributed by atoms with van der Waals surface area (Å²) in [6, 6.07) is 0. The van der Waals surface area contributed by atoms with Gasteiger partial charge in [0.25, 0.3) is 0 Å². The van der Waals surface area contributed by atoms with Gasteiger partial charge in [0.05, 0.1) is 17.4 Å². The van der Waals surface area contributed by atoms with Crippen molar-refractivity contribution in [2.45, 2.75) is 98.7 Å². The Morgan fingerprint density at radius 1 is 0.935 bits per heavy atom. The lowest BCUT2D eigenvalue weighted by Gasteiger charge is -2.33. The SMILES string of the molecule is CCC(C)(C)C(=O)OC1CC2CC1C1CCCC21.CCC(C)(C)C(=O)OCC(O)CO. The van der Waals surface area contributed by atoms with Gasteiger partial charge in [-0.3, -0.25) is 9.59 Å². The number of hydrogen-bond donors (Lipinski definition) is 2. The number of carbonyl (C=O) groups is 2. The minimum Gasteiger partial charge on any atom is -0.462 e. The molecule has 6 nitrogen and oxygen atoms in total. The van der Waals surface area contributed by atoms with Gasteiger partial charge in [-0.15, -0.1) is 0 Å². The third kappa shape index (κ3) is 6.22. The predicted molar refractivity (Wildman–Crippen MR) is 119 cm³/mol. The molecule has 6 heteroatoms. The Morgan fingerprint density at radius 3 is 2.10 bits per heavy atom. The fraction of sp³-hybridized carbons (Fsp3) is 0.920. The minimum absolute atomic E-state index is 0.0251. The topological polar surface area (TPSA) is 93.1 Å². The van der Waals surface area contributed by atoms with Gasteiger partial charge in [-0.2, -0.15) is 0 Å². The molecule has 0 spiro atoms. The Morgan fingerprint density at radius 2 is 1.52 bits per heavy atom. The van der Waals surface area contributed by atoms with Crippen LogP contribution in [0.3, 0.4) is 0 Å². The highest BCUT2D eigenvalue weighted by Gasteiger charge is 2.55. The first-order chi connectivity index (χ1) is 14.5. The van der Waals surface area contributed by atoms with E-state index in [2.05, 4.69) is 6.92 Å². The van der Waals surface area contributed by atoms with E-state index in [4.69, 9.17) is 19.7 Å². The second kappa shape index (κ2) is 10.7. The summed E-state index contributed by atoms with van der Waals surface area (Å²) in [4.78, 5) is 23.5. The molecule has 3 rings (SSSR count). The van der Waals surface area contributed by atoms with Crippen LogP contribution in [0.4, 0.5) is 0 Å². The molecule has 6 atom stereocenters. The summed E-state index contributed by atoms with van der Waals surface area (Å²) >= 11 is 0. The Hall–Kier alpha value is -1.14. The lowest BCUT2D eigenvalue weighted by molar-refractivity contribution is -0.164. The molecule has 3 fully saturated rings. The minimum atomic E-state index is -0.975. The molecule has 0 aromatic heterocycles. The molecule has 0 amide bonds. The summed E-state index contributed by atoms with van der Waals surface area (Å²) < 4.78 is 10.7. The molecular weight excluding hydrogens is 396 g/mol. The van der Waals surface area contributed by atoms with Crippen molar-refractivity contribution in [3.63, 3.8) is 0 Å².